The molecule has 0 spiro atoms. The Hall–Kier alpha value is -0.880. The van der Waals surface area contributed by atoms with Gasteiger partial charge >= 0.3 is 6.18 Å². The molecule has 2 aromatic rings. The number of hydrogen-bond donors (Lipinski definition) is 2. The van der Waals surface area contributed by atoms with Gasteiger partial charge in [-0.1, -0.05) is 13.0 Å². The van der Waals surface area contributed by atoms with Crippen molar-refractivity contribution >= 4 is 52.6 Å². The van der Waals surface area contributed by atoms with Gasteiger partial charge in [0.2, 0.25) is 0 Å². The monoisotopic (exact) mass is 490 g/mol. The number of thiazole rings is 1. The summed E-state index contributed by atoms with van der Waals surface area (Å²) in [7, 11) is 1.62. The van der Waals surface area contributed by atoms with Crippen LogP contribution >= 0.6 is 46.7 Å². The van der Waals surface area contributed by atoms with Crippen molar-refractivity contribution < 1.29 is 13.2 Å². The van der Waals surface area contributed by atoms with E-state index in [9.17, 15) is 13.2 Å². The zero-order chi connectivity index (χ0) is 16.9. The maximum Gasteiger partial charge on any atom is 0.434 e. The topological polar surface area (TPSA) is 49.3 Å². The number of aromatic nitrogens is 1. The Bertz CT molecular complexity index is 641. The molecule has 0 amide bonds. The van der Waals surface area contributed by atoms with Gasteiger partial charge in [0, 0.05) is 29.8 Å². The highest BCUT2D eigenvalue weighted by molar-refractivity contribution is 14.0. The maximum absolute atomic E-state index is 12.5. The minimum absolute atomic E-state index is 0. The van der Waals surface area contributed by atoms with Crippen LogP contribution in [0.4, 0.5) is 13.2 Å². The van der Waals surface area contributed by atoms with Crippen molar-refractivity contribution in [1.29, 1.82) is 0 Å². The molecule has 0 aliphatic heterocycles. The third-order valence-electron chi connectivity index (χ3n) is 3.08. The molecule has 0 aliphatic carbocycles. The number of nitrogens with zero attached hydrogens (tertiary/aromatic N) is 2. The molecule has 1 atom stereocenters. The van der Waals surface area contributed by atoms with Gasteiger partial charge in [-0.3, -0.25) is 4.99 Å². The van der Waals surface area contributed by atoms with Crippen LogP contribution < -0.4 is 10.6 Å². The summed E-state index contributed by atoms with van der Waals surface area (Å²) in [6.07, 6.45) is -4.40. The van der Waals surface area contributed by atoms with Gasteiger partial charge in [-0.05, 0) is 11.4 Å². The molecule has 2 rings (SSSR count). The number of hydrogen-bond acceptors (Lipinski definition) is 4. The molecule has 24 heavy (non-hydrogen) atoms. The molecule has 0 bridgehead atoms. The van der Waals surface area contributed by atoms with Gasteiger partial charge in [0.15, 0.2) is 11.7 Å². The Morgan fingerprint density at radius 1 is 1.33 bits per heavy atom. The van der Waals surface area contributed by atoms with E-state index in [0.29, 0.717) is 23.4 Å². The highest BCUT2D eigenvalue weighted by atomic mass is 127. The summed E-state index contributed by atoms with van der Waals surface area (Å²) < 4.78 is 37.5. The minimum atomic E-state index is -4.40. The molecule has 2 N–H and O–H groups in total. The Labute approximate surface area is 163 Å². The Morgan fingerprint density at radius 2 is 2.08 bits per heavy atom. The van der Waals surface area contributed by atoms with E-state index in [4.69, 9.17) is 0 Å². The predicted molar refractivity (Wildman–Crippen MR) is 103 cm³/mol. The summed E-state index contributed by atoms with van der Waals surface area (Å²) in [5.74, 6) is 0.863. The number of nitrogens with one attached hydrogen (secondary N) is 2. The standard InChI is InChI=1S/C14H17F3N4S2.HI/c1-9(10-4-3-5-22-10)6-19-13(18-2)20-7-12-21-11(8-23-12)14(15,16)17;/h3-5,8-9H,6-7H2,1-2H3,(H2,18,19,20);1H. The van der Waals surface area contributed by atoms with Gasteiger partial charge in [0.05, 0.1) is 6.54 Å². The lowest BCUT2D eigenvalue weighted by molar-refractivity contribution is -0.140. The first kappa shape index (κ1) is 21.2. The highest BCUT2D eigenvalue weighted by Gasteiger charge is 2.33. The van der Waals surface area contributed by atoms with Crippen molar-refractivity contribution in [3.63, 3.8) is 0 Å². The van der Waals surface area contributed by atoms with Gasteiger partial charge in [0.1, 0.15) is 5.01 Å². The quantitative estimate of drug-likeness (QED) is 0.373. The van der Waals surface area contributed by atoms with Gasteiger partial charge < -0.3 is 10.6 Å². The average molecular weight is 490 g/mol. The van der Waals surface area contributed by atoms with E-state index >= 15 is 0 Å². The van der Waals surface area contributed by atoms with Crippen LogP contribution in [-0.2, 0) is 12.7 Å². The Balaban J connectivity index is 0.00000288. The second-order valence-electron chi connectivity index (χ2n) is 4.85. The Morgan fingerprint density at radius 3 is 2.62 bits per heavy atom. The lowest BCUT2D eigenvalue weighted by atomic mass is 10.1. The van der Waals surface area contributed by atoms with E-state index in [1.807, 2.05) is 11.4 Å². The lowest BCUT2D eigenvalue weighted by Crippen LogP contribution is -2.38. The van der Waals surface area contributed by atoms with E-state index in [1.165, 1.54) is 4.88 Å². The van der Waals surface area contributed by atoms with Crippen LogP contribution in [0.3, 0.4) is 0 Å². The van der Waals surface area contributed by atoms with Crippen molar-refractivity contribution in [2.45, 2.75) is 25.6 Å². The Kier molecular flexibility index (Phi) is 8.43. The first-order valence-electron chi connectivity index (χ1n) is 6.89. The fourth-order valence-corrected chi connectivity index (χ4v) is 3.35. The van der Waals surface area contributed by atoms with E-state index in [2.05, 4.69) is 33.6 Å². The molecule has 1 unspecified atom stereocenters. The molecule has 0 aliphatic rings. The molecular formula is C14H18F3IN4S2. The zero-order valence-corrected chi connectivity index (χ0v) is 17.0. The number of halogens is 4. The smallest absolute Gasteiger partial charge is 0.356 e. The van der Waals surface area contributed by atoms with E-state index in [-0.39, 0.29) is 30.5 Å². The van der Waals surface area contributed by atoms with Crippen LogP contribution in [0, 0.1) is 0 Å². The number of aliphatic imine (C=N–C) groups is 1. The summed E-state index contributed by atoms with van der Waals surface area (Å²) in [6.45, 7) is 2.99. The van der Waals surface area contributed by atoms with Crippen molar-refractivity contribution in [3.05, 3.63) is 38.5 Å². The molecule has 0 fully saturated rings. The molecule has 2 heterocycles. The fraction of sp³-hybridized carbons (Fsp3) is 0.429. The second-order valence-corrected chi connectivity index (χ2v) is 6.77. The average Bonchev–Trinajstić information content (AvgIpc) is 3.18. The van der Waals surface area contributed by atoms with Crippen molar-refractivity contribution in [2.24, 2.45) is 4.99 Å². The molecule has 134 valence electrons. The third-order valence-corrected chi connectivity index (χ3v) is 5.03. The molecule has 0 aromatic carbocycles. The maximum atomic E-state index is 12.5. The van der Waals surface area contributed by atoms with Crippen LogP contribution in [0.2, 0.25) is 0 Å². The van der Waals surface area contributed by atoms with Gasteiger partial charge in [-0.15, -0.1) is 46.7 Å². The number of thiophene rings is 1. The van der Waals surface area contributed by atoms with Crippen LogP contribution in [0.25, 0.3) is 0 Å². The number of alkyl halides is 3. The van der Waals surface area contributed by atoms with Crippen molar-refractivity contribution in [1.82, 2.24) is 15.6 Å². The number of rotatable bonds is 5. The third kappa shape index (κ3) is 6.20. The lowest BCUT2D eigenvalue weighted by Gasteiger charge is -2.14. The van der Waals surface area contributed by atoms with Crippen molar-refractivity contribution in [2.75, 3.05) is 13.6 Å². The van der Waals surface area contributed by atoms with Crippen LogP contribution in [0.15, 0.2) is 27.9 Å². The van der Waals surface area contributed by atoms with Crippen LogP contribution in [0.5, 0.6) is 0 Å². The summed E-state index contributed by atoms with van der Waals surface area (Å²) >= 11 is 2.67. The van der Waals surface area contributed by atoms with Gasteiger partial charge in [-0.25, -0.2) is 4.98 Å². The van der Waals surface area contributed by atoms with Crippen LogP contribution in [0.1, 0.15) is 28.4 Å². The fourth-order valence-electron chi connectivity index (χ4n) is 1.82. The largest absolute Gasteiger partial charge is 0.434 e. The number of guanidine groups is 1. The first-order chi connectivity index (χ1) is 10.9. The van der Waals surface area contributed by atoms with Crippen LogP contribution in [-0.4, -0.2) is 24.5 Å². The van der Waals surface area contributed by atoms with E-state index in [1.54, 1.807) is 18.4 Å². The first-order valence-corrected chi connectivity index (χ1v) is 8.65. The molecule has 0 radical (unpaired) electrons. The second kappa shape index (κ2) is 9.56. The predicted octanol–water partition coefficient (Wildman–Crippen LogP) is 4.31. The van der Waals surface area contributed by atoms with Crippen molar-refractivity contribution in [3.8, 4) is 0 Å². The normalized spacial score (nSPS) is 13.3. The molecule has 0 saturated heterocycles. The van der Waals surface area contributed by atoms with E-state index in [0.717, 1.165) is 16.7 Å². The molecule has 4 nitrogen and oxygen atoms in total. The van der Waals surface area contributed by atoms with Gasteiger partial charge in [0.25, 0.3) is 0 Å². The molecule has 2 aromatic heterocycles. The van der Waals surface area contributed by atoms with E-state index < -0.39 is 11.9 Å². The highest BCUT2D eigenvalue weighted by Crippen LogP contribution is 2.29. The zero-order valence-electron chi connectivity index (χ0n) is 13.1. The molecule has 10 heteroatoms. The summed E-state index contributed by atoms with van der Waals surface area (Å²) in [6, 6.07) is 4.08. The molecule has 0 saturated carbocycles. The molecular weight excluding hydrogens is 472 g/mol. The van der Waals surface area contributed by atoms with Gasteiger partial charge in [-0.2, -0.15) is 13.2 Å². The minimum Gasteiger partial charge on any atom is -0.356 e. The SMILES string of the molecule is CN=C(NCc1nc(C(F)(F)F)cs1)NCC(C)c1cccs1.I. The summed E-state index contributed by atoms with van der Waals surface area (Å²) in [5, 5.41) is 9.55. The summed E-state index contributed by atoms with van der Waals surface area (Å²) in [5.41, 5.74) is -0.853. The summed E-state index contributed by atoms with van der Waals surface area (Å²) in [4.78, 5) is 8.90.